The van der Waals surface area contributed by atoms with E-state index in [0.29, 0.717) is 29.3 Å². The van der Waals surface area contributed by atoms with Crippen molar-refractivity contribution in [1.29, 1.82) is 0 Å². The van der Waals surface area contributed by atoms with E-state index in [1.54, 1.807) is 23.1 Å². The number of amides is 2. The fraction of sp³-hybridized carbons (Fsp3) is 0.417. The third kappa shape index (κ3) is 7.83. The number of carbonyl (C=O) groups is 2. The number of carbonyl (C=O) groups excluding carboxylic acids is 2. The molecule has 3 atom stereocenters. The molecule has 190 valence electrons. The number of hydrogen-bond acceptors (Lipinski definition) is 6. The van der Waals surface area contributed by atoms with Crippen LogP contribution in [0.3, 0.4) is 0 Å². The average Bonchev–Trinajstić information content (AvgIpc) is 2.75. The van der Waals surface area contributed by atoms with E-state index in [2.05, 4.69) is 0 Å². The second-order valence-electron chi connectivity index (χ2n) is 8.73. The molecule has 0 bridgehead atoms. The van der Waals surface area contributed by atoms with E-state index in [-0.39, 0.29) is 48.6 Å². The third-order valence-electron chi connectivity index (χ3n) is 5.67. The van der Waals surface area contributed by atoms with Crippen LogP contribution in [-0.4, -0.2) is 56.7 Å². The van der Waals surface area contributed by atoms with Crippen LogP contribution >= 0.6 is 11.6 Å². The van der Waals surface area contributed by atoms with Gasteiger partial charge in [-0.05, 0) is 49.4 Å². The SMILES string of the molecule is CC1CN(C(=O)COc2ccc(Cl)cc2CC(=O)NS(C)(=O)=O)C(C)CC1Oc1ccc(F)cc1. The maximum Gasteiger partial charge on any atom is 0.260 e. The smallest absolute Gasteiger partial charge is 0.260 e. The maximum absolute atomic E-state index is 13.1. The summed E-state index contributed by atoms with van der Waals surface area (Å²) in [7, 11) is -3.71. The van der Waals surface area contributed by atoms with Gasteiger partial charge >= 0.3 is 0 Å². The van der Waals surface area contributed by atoms with Gasteiger partial charge in [-0.3, -0.25) is 14.3 Å². The third-order valence-corrected chi connectivity index (χ3v) is 6.50. The van der Waals surface area contributed by atoms with E-state index in [9.17, 15) is 22.4 Å². The van der Waals surface area contributed by atoms with Gasteiger partial charge in [-0.15, -0.1) is 0 Å². The fourth-order valence-electron chi connectivity index (χ4n) is 3.97. The molecular formula is C24H28ClFN2O6S. The highest BCUT2D eigenvalue weighted by molar-refractivity contribution is 7.89. The van der Waals surface area contributed by atoms with E-state index in [1.807, 2.05) is 18.6 Å². The number of piperidine rings is 1. The van der Waals surface area contributed by atoms with Crippen LogP contribution in [0.4, 0.5) is 4.39 Å². The highest BCUT2D eigenvalue weighted by Gasteiger charge is 2.35. The minimum atomic E-state index is -3.71. The molecule has 1 saturated heterocycles. The zero-order chi connectivity index (χ0) is 25.8. The standard InChI is InChI=1S/C24H28ClFN2O6S/c1-15-13-28(16(2)10-22(15)34-20-7-5-19(26)6-8-20)24(30)14-33-21-9-4-18(25)11-17(21)12-23(29)27-35(3,31)32/h4-9,11,15-16,22H,10,12-14H2,1-3H3,(H,27,29). The molecule has 1 N–H and O–H groups in total. The van der Waals surface area contributed by atoms with Crippen LogP contribution in [0, 0.1) is 11.7 Å². The predicted molar refractivity (Wildman–Crippen MR) is 129 cm³/mol. The summed E-state index contributed by atoms with van der Waals surface area (Å²) in [5.74, 6) is -0.428. The van der Waals surface area contributed by atoms with E-state index in [1.165, 1.54) is 24.3 Å². The molecule has 35 heavy (non-hydrogen) atoms. The molecular weight excluding hydrogens is 499 g/mol. The van der Waals surface area contributed by atoms with E-state index < -0.39 is 15.9 Å². The number of sulfonamides is 1. The minimum absolute atomic E-state index is 0.0333. The van der Waals surface area contributed by atoms with Gasteiger partial charge in [0.05, 0.1) is 12.7 Å². The van der Waals surface area contributed by atoms with E-state index in [0.717, 1.165) is 6.26 Å². The Morgan fingerprint density at radius 2 is 1.86 bits per heavy atom. The van der Waals surface area contributed by atoms with Crippen LogP contribution in [-0.2, 0) is 26.0 Å². The molecule has 0 radical (unpaired) electrons. The van der Waals surface area contributed by atoms with Gasteiger partial charge in [-0.25, -0.2) is 12.8 Å². The Kier molecular flexibility index (Phi) is 8.60. The Bertz CT molecular complexity index is 1180. The quantitative estimate of drug-likeness (QED) is 0.567. The lowest BCUT2D eigenvalue weighted by Crippen LogP contribution is -2.52. The number of rotatable bonds is 8. The molecule has 8 nitrogen and oxygen atoms in total. The summed E-state index contributed by atoms with van der Waals surface area (Å²) in [6.07, 6.45) is 1.07. The van der Waals surface area contributed by atoms with Gasteiger partial charge < -0.3 is 14.4 Å². The molecule has 1 aliphatic rings. The van der Waals surface area contributed by atoms with Gasteiger partial charge in [0.1, 0.15) is 23.4 Å². The van der Waals surface area contributed by atoms with Crippen LogP contribution in [0.2, 0.25) is 5.02 Å². The van der Waals surface area contributed by atoms with Gasteiger partial charge in [-0.1, -0.05) is 18.5 Å². The maximum atomic E-state index is 13.1. The van der Waals surface area contributed by atoms with Gasteiger partial charge in [0.25, 0.3) is 5.91 Å². The number of nitrogens with one attached hydrogen (secondary N) is 1. The first-order valence-electron chi connectivity index (χ1n) is 11.0. The molecule has 3 unspecified atom stereocenters. The van der Waals surface area contributed by atoms with Crippen LogP contribution in [0.25, 0.3) is 0 Å². The van der Waals surface area contributed by atoms with Crippen molar-refractivity contribution in [2.75, 3.05) is 19.4 Å². The van der Waals surface area contributed by atoms with Crippen molar-refractivity contribution in [3.05, 3.63) is 58.9 Å². The van der Waals surface area contributed by atoms with Crippen molar-refractivity contribution >= 4 is 33.4 Å². The second-order valence-corrected chi connectivity index (χ2v) is 10.9. The van der Waals surface area contributed by atoms with Crippen molar-refractivity contribution in [1.82, 2.24) is 9.62 Å². The summed E-state index contributed by atoms with van der Waals surface area (Å²) in [6, 6.07) is 10.3. The normalized spacial score (nSPS) is 20.3. The van der Waals surface area contributed by atoms with Crippen molar-refractivity contribution in [3.63, 3.8) is 0 Å². The summed E-state index contributed by atoms with van der Waals surface area (Å²) < 4.78 is 49.4. The van der Waals surface area contributed by atoms with Gasteiger partial charge in [-0.2, -0.15) is 0 Å². The Hall–Kier alpha value is -2.85. The number of halogens is 2. The monoisotopic (exact) mass is 526 g/mol. The highest BCUT2D eigenvalue weighted by Crippen LogP contribution is 2.28. The summed E-state index contributed by atoms with van der Waals surface area (Å²) in [4.78, 5) is 26.7. The van der Waals surface area contributed by atoms with Gasteiger partial charge in [0, 0.05) is 35.5 Å². The van der Waals surface area contributed by atoms with Crippen molar-refractivity contribution in [2.24, 2.45) is 5.92 Å². The van der Waals surface area contributed by atoms with Gasteiger partial charge in [0.15, 0.2) is 6.61 Å². The topological polar surface area (TPSA) is 102 Å². The molecule has 2 aromatic carbocycles. The number of ether oxygens (including phenoxy) is 2. The number of benzene rings is 2. The lowest BCUT2D eigenvalue weighted by Gasteiger charge is -2.41. The zero-order valence-electron chi connectivity index (χ0n) is 19.7. The van der Waals surface area contributed by atoms with Crippen LogP contribution in [0.1, 0.15) is 25.8 Å². The molecule has 0 aliphatic carbocycles. The first-order chi connectivity index (χ1) is 16.4. The van der Waals surface area contributed by atoms with E-state index >= 15 is 0 Å². The highest BCUT2D eigenvalue weighted by atomic mass is 35.5. The molecule has 2 amide bonds. The Morgan fingerprint density at radius 3 is 2.51 bits per heavy atom. The Labute approximate surface area is 209 Å². The molecule has 0 saturated carbocycles. The van der Waals surface area contributed by atoms with Crippen molar-refractivity contribution in [3.8, 4) is 11.5 Å². The molecule has 11 heteroatoms. The van der Waals surface area contributed by atoms with E-state index in [4.69, 9.17) is 21.1 Å². The lowest BCUT2D eigenvalue weighted by molar-refractivity contribution is -0.139. The largest absolute Gasteiger partial charge is 0.490 e. The minimum Gasteiger partial charge on any atom is -0.490 e. The van der Waals surface area contributed by atoms with Crippen molar-refractivity contribution < 1.29 is 31.9 Å². The van der Waals surface area contributed by atoms with Crippen molar-refractivity contribution in [2.45, 2.75) is 38.8 Å². The summed E-state index contributed by atoms with van der Waals surface area (Å²) in [6.45, 7) is 4.11. The van der Waals surface area contributed by atoms with Crippen LogP contribution in [0.5, 0.6) is 11.5 Å². The average molecular weight is 527 g/mol. The zero-order valence-corrected chi connectivity index (χ0v) is 21.2. The molecule has 2 aromatic rings. The molecule has 0 aromatic heterocycles. The van der Waals surface area contributed by atoms with Crippen LogP contribution in [0.15, 0.2) is 42.5 Å². The summed E-state index contributed by atoms with van der Waals surface area (Å²) in [5.41, 5.74) is 0.360. The molecule has 1 heterocycles. The van der Waals surface area contributed by atoms with Gasteiger partial charge in [0.2, 0.25) is 15.9 Å². The number of nitrogens with zero attached hydrogens (tertiary/aromatic N) is 1. The summed E-state index contributed by atoms with van der Waals surface area (Å²) >= 11 is 6.02. The molecule has 0 spiro atoms. The Balaban J connectivity index is 1.60. The summed E-state index contributed by atoms with van der Waals surface area (Å²) in [5, 5.41) is 0.344. The fourth-order valence-corrected chi connectivity index (χ4v) is 4.65. The first kappa shape index (κ1) is 26.7. The lowest BCUT2D eigenvalue weighted by atomic mass is 9.91. The Morgan fingerprint density at radius 1 is 1.17 bits per heavy atom. The predicted octanol–water partition coefficient (Wildman–Crippen LogP) is 3.18. The number of likely N-dealkylation sites (tertiary alicyclic amines) is 1. The number of hydrogen-bond donors (Lipinski definition) is 1. The molecule has 1 aliphatic heterocycles. The van der Waals surface area contributed by atoms with Crippen LogP contribution < -0.4 is 14.2 Å². The molecule has 1 fully saturated rings. The molecule has 3 rings (SSSR count). The first-order valence-corrected chi connectivity index (χ1v) is 13.3. The second kappa shape index (κ2) is 11.3.